The molecular formula is C28H34F2N2O6. The molecule has 0 aliphatic carbocycles. The van der Waals surface area contributed by atoms with Gasteiger partial charge in [-0.15, -0.1) is 0 Å². The summed E-state index contributed by atoms with van der Waals surface area (Å²) in [4.78, 5) is 30.1. The van der Waals surface area contributed by atoms with Gasteiger partial charge in [-0.1, -0.05) is 13.2 Å². The number of nitrogens with zero attached hydrogens (tertiary/aromatic N) is 2. The number of benzene rings is 1. The fourth-order valence-corrected chi connectivity index (χ4v) is 3.30. The van der Waals surface area contributed by atoms with Crippen LogP contribution < -0.4 is 9.47 Å². The summed E-state index contributed by atoms with van der Waals surface area (Å²) < 4.78 is 50.0. The van der Waals surface area contributed by atoms with E-state index in [1.807, 2.05) is 0 Å². The Morgan fingerprint density at radius 3 is 1.74 bits per heavy atom. The number of aromatic nitrogens is 2. The van der Waals surface area contributed by atoms with Crippen molar-refractivity contribution in [3.8, 4) is 22.9 Å². The van der Waals surface area contributed by atoms with Gasteiger partial charge in [-0.2, -0.15) is 4.39 Å². The van der Waals surface area contributed by atoms with E-state index < -0.39 is 23.6 Å². The summed E-state index contributed by atoms with van der Waals surface area (Å²) in [7, 11) is 0. The van der Waals surface area contributed by atoms with Gasteiger partial charge < -0.3 is 18.9 Å². The molecule has 2 rings (SSSR count). The summed E-state index contributed by atoms with van der Waals surface area (Å²) >= 11 is 0. The van der Waals surface area contributed by atoms with Gasteiger partial charge in [0.05, 0.1) is 44.4 Å². The number of hydrogen-bond acceptors (Lipinski definition) is 8. The molecule has 38 heavy (non-hydrogen) atoms. The minimum absolute atomic E-state index is 0.0338. The normalized spacial score (nSPS) is 10.5. The Kier molecular flexibility index (Phi) is 14.1. The van der Waals surface area contributed by atoms with Gasteiger partial charge in [0.1, 0.15) is 0 Å². The van der Waals surface area contributed by atoms with E-state index in [0.717, 1.165) is 50.7 Å². The number of halogens is 2. The standard InChI is InChI=1S/C28H34F2N2O6/c1-3-24(33)37-17-11-7-5-9-15-35-21-19-31-28(32-20-21)22-13-14-23(27(30)26(22)29)36-16-10-6-8-12-18-38-25(34)4-2/h3-4,13-14,19-20H,1-2,5-12,15-18H2. The first-order chi connectivity index (χ1) is 18.5. The molecule has 0 saturated heterocycles. The van der Waals surface area contributed by atoms with E-state index in [1.165, 1.54) is 24.5 Å². The quantitative estimate of drug-likeness (QED) is 0.128. The highest BCUT2D eigenvalue weighted by molar-refractivity contribution is 5.81. The summed E-state index contributed by atoms with van der Waals surface area (Å²) in [5.41, 5.74) is -0.0763. The lowest BCUT2D eigenvalue weighted by atomic mass is 10.1. The third-order valence-electron chi connectivity index (χ3n) is 5.34. The minimum Gasteiger partial charge on any atom is -0.490 e. The summed E-state index contributed by atoms with van der Waals surface area (Å²) in [6.07, 6.45) is 11.4. The first kappa shape index (κ1) is 30.4. The second-order valence-corrected chi connectivity index (χ2v) is 8.25. The monoisotopic (exact) mass is 532 g/mol. The van der Waals surface area contributed by atoms with E-state index in [-0.39, 0.29) is 23.7 Å². The Hall–Kier alpha value is -3.82. The molecule has 0 bridgehead atoms. The second-order valence-electron chi connectivity index (χ2n) is 8.25. The van der Waals surface area contributed by atoms with Crippen molar-refractivity contribution in [1.29, 1.82) is 0 Å². The molecular weight excluding hydrogens is 498 g/mol. The zero-order chi connectivity index (χ0) is 27.6. The maximum absolute atomic E-state index is 14.7. The molecule has 1 aromatic heterocycles. The van der Waals surface area contributed by atoms with Gasteiger partial charge >= 0.3 is 11.9 Å². The minimum atomic E-state index is -1.10. The lowest BCUT2D eigenvalue weighted by Gasteiger charge is -2.10. The molecule has 0 spiro atoms. The number of carbonyl (C=O) groups is 2. The van der Waals surface area contributed by atoms with Crippen LogP contribution in [0, 0.1) is 11.6 Å². The van der Waals surface area contributed by atoms with Gasteiger partial charge in [0.25, 0.3) is 0 Å². The smallest absolute Gasteiger partial charge is 0.330 e. The number of rotatable bonds is 19. The number of unbranched alkanes of at least 4 members (excludes halogenated alkanes) is 6. The van der Waals surface area contributed by atoms with E-state index in [9.17, 15) is 18.4 Å². The van der Waals surface area contributed by atoms with Crippen LogP contribution in [0.3, 0.4) is 0 Å². The molecule has 8 nitrogen and oxygen atoms in total. The van der Waals surface area contributed by atoms with Crippen LogP contribution in [0.2, 0.25) is 0 Å². The average Bonchev–Trinajstić information content (AvgIpc) is 2.93. The van der Waals surface area contributed by atoms with Crippen molar-refractivity contribution in [2.75, 3.05) is 26.4 Å². The van der Waals surface area contributed by atoms with Gasteiger partial charge in [0, 0.05) is 12.2 Å². The molecule has 0 amide bonds. The number of ether oxygens (including phenoxy) is 4. The molecule has 0 N–H and O–H groups in total. The SMILES string of the molecule is C=CC(=O)OCCCCCCOc1cnc(-c2ccc(OCCCCCCOC(=O)C=C)c(F)c2F)nc1. The van der Waals surface area contributed by atoms with Crippen LogP contribution in [0.15, 0.2) is 49.8 Å². The lowest BCUT2D eigenvalue weighted by Crippen LogP contribution is -2.04. The molecule has 0 aliphatic rings. The van der Waals surface area contributed by atoms with Crippen LogP contribution >= 0.6 is 0 Å². The van der Waals surface area contributed by atoms with Crippen LogP contribution in [0.1, 0.15) is 51.4 Å². The first-order valence-electron chi connectivity index (χ1n) is 12.6. The molecule has 10 heteroatoms. The third-order valence-corrected chi connectivity index (χ3v) is 5.34. The van der Waals surface area contributed by atoms with E-state index in [1.54, 1.807) is 0 Å². The van der Waals surface area contributed by atoms with Crippen molar-refractivity contribution in [3.05, 3.63) is 61.5 Å². The fourth-order valence-electron chi connectivity index (χ4n) is 3.30. The van der Waals surface area contributed by atoms with Crippen molar-refractivity contribution in [1.82, 2.24) is 9.97 Å². The fraction of sp³-hybridized carbons (Fsp3) is 0.429. The average molecular weight is 533 g/mol. The molecule has 1 aromatic carbocycles. The molecule has 1 heterocycles. The number of carbonyl (C=O) groups excluding carboxylic acids is 2. The molecule has 0 radical (unpaired) electrons. The van der Waals surface area contributed by atoms with Crippen molar-refractivity contribution in [3.63, 3.8) is 0 Å². The lowest BCUT2D eigenvalue weighted by molar-refractivity contribution is -0.138. The van der Waals surface area contributed by atoms with Gasteiger partial charge in [-0.3, -0.25) is 0 Å². The molecule has 0 atom stereocenters. The van der Waals surface area contributed by atoms with E-state index >= 15 is 0 Å². The van der Waals surface area contributed by atoms with Gasteiger partial charge in [-0.05, 0) is 63.5 Å². The van der Waals surface area contributed by atoms with Gasteiger partial charge in [0.15, 0.2) is 23.1 Å². The van der Waals surface area contributed by atoms with E-state index in [2.05, 4.69) is 23.1 Å². The summed E-state index contributed by atoms with van der Waals surface area (Å²) in [5.74, 6) is -2.77. The molecule has 0 aliphatic heterocycles. The summed E-state index contributed by atoms with van der Waals surface area (Å²) in [6, 6.07) is 2.73. The van der Waals surface area contributed by atoms with Crippen LogP contribution in [-0.4, -0.2) is 48.3 Å². The number of hydrogen-bond donors (Lipinski definition) is 0. The first-order valence-corrected chi connectivity index (χ1v) is 12.6. The maximum Gasteiger partial charge on any atom is 0.330 e. The topological polar surface area (TPSA) is 96.8 Å². The third kappa shape index (κ3) is 11.1. The highest BCUT2D eigenvalue weighted by Gasteiger charge is 2.17. The van der Waals surface area contributed by atoms with E-state index in [0.29, 0.717) is 38.4 Å². The van der Waals surface area contributed by atoms with Crippen molar-refractivity contribution in [2.24, 2.45) is 0 Å². The maximum atomic E-state index is 14.7. The van der Waals surface area contributed by atoms with Gasteiger partial charge in [-0.25, -0.2) is 23.9 Å². The number of esters is 2. The summed E-state index contributed by atoms with van der Waals surface area (Å²) in [6.45, 7) is 8.02. The van der Waals surface area contributed by atoms with E-state index in [4.69, 9.17) is 18.9 Å². The van der Waals surface area contributed by atoms with Gasteiger partial charge in [0.2, 0.25) is 5.82 Å². The molecule has 0 saturated carbocycles. The zero-order valence-corrected chi connectivity index (χ0v) is 21.5. The Balaban J connectivity index is 1.70. The van der Waals surface area contributed by atoms with Crippen LogP contribution in [-0.2, 0) is 19.1 Å². The molecule has 0 unspecified atom stereocenters. The second kappa shape index (κ2) is 17.6. The largest absolute Gasteiger partial charge is 0.490 e. The molecule has 206 valence electrons. The van der Waals surface area contributed by atoms with Crippen molar-refractivity contribution < 1.29 is 37.3 Å². The Morgan fingerprint density at radius 2 is 1.21 bits per heavy atom. The molecule has 0 fully saturated rings. The van der Waals surface area contributed by atoms with Crippen molar-refractivity contribution >= 4 is 11.9 Å². The van der Waals surface area contributed by atoms with Crippen LogP contribution in [0.5, 0.6) is 11.5 Å². The molecule has 2 aromatic rings. The predicted molar refractivity (Wildman–Crippen MR) is 138 cm³/mol. The van der Waals surface area contributed by atoms with Crippen LogP contribution in [0.25, 0.3) is 11.4 Å². The highest BCUT2D eigenvalue weighted by Crippen LogP contribution is 2.28. The van der Waals surface area contributed by atoms with Crippen LogP contribution in [0.4, 0.5) is 8.78 Å². The zero-order valence-electron chi connectivity index (χ0n) is 21.5. The Morgan fingerprint density at radius 1 is 0.711 bits per heavy atom. The highest BCUT2D eigenvalue weighted by atomic mass is 19.2. The summed E-state index contributed by atoms with van der Waals surface area (Å²) in [5, 5.41) is 0. The Labute approximate surface area is 221 Å². The van der Waals surface area contributed by atoms with Crippen molar-refractivity contribution in [2.45, 2.75) is 51.4 Å². The predicted octanol–water partition coefficient (Wildman–Crippen LogP) is 5.76. The Bertz CT molecular complexity index is 1050.